The van der Waals surface area contributed by atoms with Gasteiger partial charge in [-0.1, -0.05) is 13.3 Å². The van der Waals surface area contributed by atoms with Crippen molar-refractivity contribution in [3.05, 3.63) is 16.6 Å². The molecule has 0 radical (unpaired) electrons. The van der Waals surface area contributed by atoms with E-state index in [1.165, 1.54) is 0 Å². The number of carboxylic acid groups (broad SMARTS) is 1. The van der Waals surface area contributed by atoms with Gasteiger partial charge in [-0.25, -0.2) is 9.78 Å². The monoisotopic (exact) mass is 313 g/mol. The summed E-state index contributed by atoms with van der Waals surface area (Å²) in [7, 11) is 0. The van der Waals surface area contributed by atoms with E-state index in [4.69, 9.17) is 5.11 Å². The van der Waals surface area contributed by atoms with Gasteiger partial charge in [0.1, 0.15) is 0 Å². The second kappa shape index (κ2) is 9.33. The second-order valence-electron chi connectivity index (χ2n) is 5.15. The summed E-state index contributed by atoms with van der Waals surface area (Å²) in [6, 6.07) is -0.156. The third-order valence-corrected chi connectivity index (χ3v) is 4.02. The van der Waals surface area contributed by atoms with Gasteiger partial charge in [-0.2, -0.15) is 0 Å². The zero-order valence-electron chi connectivity index (χ0n) is 12.5. The van der Waals surface area contributed by atoms with Gasteiger partial charge >= 0.3 is 12.0 Å². The van der Waals surface area contributed by atoms with Crippen LogP contribution >= 0.6 is 11.3 Å². The standard InChI is InChI=1S/C14H23N3O3S/c1-10(13(18)19)4-3-5-11(2)17-14(20)16-7-6-12-15-8-9-21-12/h8-11H,3-7H2,1-2H3,(H,18,19)(H2,16,17,20). The van der Waals surface area contributed by atoms with Crippen LogP contribution in [0.3, 0.4) is 0 Å². The Hall–Kier alpha value is -1.63. The van der Waals surface area contributed by atoms with Crippen molar-refractivity contribution in [3.63, 3.8) is 0 Å². The summed E-state index contributed by atoms with van der Waals surface area (Å²) < 4.78 is 0. The van der Waals surface area contributed by atoms with Crippen molar-refractivity contribution in [3.8, 4) is 0 Å². The Kier molecular flexibility index (Phi) is 7.74. The summed E-state index contributed by atoms with van der Waals surface area (Å²) in [6.07, 6.45) is 4.68. The second-order valence-corrected chi connectivity index (χ2v) is 6.13. The molecule has 0 aromatic carbocycles. The minimum Gasteiger partial charge on any atom is -0.481 e. The highest BCUT2D eigenvalue weighted by Crippen LogP contribution is 2.09. The lowest BCUT2D eigenvalue weighted by atomic mass is 10.0. The van der Waals surface area contributed by atoms with Crippen LogP contribution in [0, 0.1) is 5.92 Å². The molecule has 118 valence electrons. The number of hydrogen-bond donors (Lipinski definition) is 3. The van der Waals surface area contributed by atoms with Crippen LogP contribution in [0.25, 0.3) is 0 Å². The molecule has 3 N–H and O–H groups in total. The molecule has 1 aromatic rings. The number of nitrogens with zero attached hydrogens (tertiary/aromatic N) is 1. The Bertz CT molecular complexity index is 437. The maximum Gasteiger partial charge on any atom is 0.315 e. The minimum atomic E-state index is -0.768. The van der Waals surface area contributed by atoms with E-state index in [9.17, 15) is 9.59 Å². The van der Waals surface area contributed by atoms with E-state index in [1.54, 1.807) is 24.5 Å². The summed E-state index contributed by atoms with van der Waals surface area (Å²) >= 11 is 1.57. The van der Waals surface area contributed by atoms with Crippen LogP contribution in [-0.4, -0.2) is 34.7 Å². The van der Waals surface area contributed by atoms with Gasteiger partial charge in [0.15, 0.2) is 0 Å². The first-order valence-corrected chi connectivity index (χ1v) is 8.02. The number of urea groups is 1. The molecule has 1 rings (SSSR count). The molecule has 2 unspecified atom stereocenters. The van der Waals surface area contributed by atoms with E-state index in [0.717, 1.165) is 24.3 Å². The predicted octanol–water partition coefficient (Wildman–Crippen LogP) is 2.26. The Balaban J connectivity index is 2.08. The molecule has 0 saturated carbocycles. The average Bonchev–Trinajstić information content (AvgIpc) is 2.91. The van der Waals surface area contributed by atoms with Gasteiger partial charge in [-0.15, -0.1) is 11.3 Å². The number of carbonyl (C=O) groups excluding carboxylic acids is 1. The Morgan fingerprint density at radius 1 is 1.38 bits per heavy atom. The number of carboxylic acids is 1. The average molecular weight is 313 g/mol. The number of thiazole rings is 1. The molecule has 0 spiro atoms. The maximum atomic E-state index is 11.7. The number of rotatable bonds is 9. The van der Waals surface area contributed by atoms with Gasteiger partial charge in [-0.3, -0.25) is 4.79 Å². The number of aliphatic carboxylic acids is 1. The van der Waals surface area contributed by atoms with Crippen molar-refractivity contribution < 1.29 is 14.7 Å². The highest BCUT2D eigenvalue weighted by molar-refractivity contribution is 7.09. The van der Waals surface area contributed by atoms with Crippen LogP contribution in [-0.2, 0) is 11.2 Å². The molecule has 1 heterocycles. The van der Waals surface area contributed by atoms with Crippen molar-refractivity contribution in [2.45, 2.75) is 45.6 Å². The maximum absolute atomic E-state index is 11.7. The molecular weight excluding hydrogens is 290 g/mol. The quantitative estimate of drug-likeness (QED) is 0.652. The number of nitrogens with one attached hydrogen (secondary N) is 2. The van der Waals surface area contributed by atoms with Gasteiger partial charge in [0.2, 0.25) is 0 Å². The fourth-order valence-electron chi connectivity index (χ4n) is 1.86. The molecule has 0 aliphatic heterocycles. The molecule has 0 saturated heterocycles. The first-order chi connectivity index (χ1) is 9.99. The van der Waals surface area contributed by atoms with Crippen molar-refractivity contribution >= 4 is 23.3 Å². The molecule has 21 heavy (non-hydrogen) atoms. The number of aromatic nitrogens is 1. The van der Waals surface area contributed by atoms with Crippen molar-refractivity contribution in [1.82, 2.24) is 15.6 Å². The number of hydrogen-bond acceptors (Lipinski definition) is 4. The van der Waals surface area contributed by atoms with Gasteiger partial charge in [0, 0.05) is 30.6 Å². The first-order valence-electron chi connectivity index (χ1n) is 7.14. The molecule has 2 atom stereocenters. The van der Waals surface area contributed by atoms with Gasteiger partial charge in [-0.05, 0) is 19.8 Å². The fraction of sp³-hybridized carbons (Fsp3) is 0.643. The number of amides is 2. The van der Waals surface area contributed by atoms with E-state index in [1.807, 2.05) is 12.3 Å². The third-order valence-electron chi connectivity index (χ3n) is 3.18. The largest absolute Gasteiger partial charge is 0.481 e. The molecule has 1 aromatic heterocycles. The summed E-state index contributed by atoms with van der Waals surface area (Å²) in [5.41, 5.74) is 0. The van der Waals surface area contributed by atoms with Crippen LogP contribution < -0.4 is 10.6 Å². The molecule has 0 fully saturated rings. The summed E-state index contributed by atoms with van der Waals surface area (Å²) in [4.78, 5) is 26.5. The predicted molar refractivity (Wildman–Crippen MR) is 82.5 cm³/mol. The van der Waals surface area contributed by atoms with Gasteiger partial charge in [0.05, 0.1) is 10.9 Å². The van der Waals surface area contributed by atoms with Gasteiger partial charge < -0.3 is 15.7 Å². The van der Waals surface area contributed by atoms with E-state index in [0.29, 0.717) is 13.0 Å². The highest BCUT2D eigenvalue weighted by Gasteiger charge is 2.12. The van der Waals surface area contributed by atoms with Crippen LogP contribution in [0.4, 0.5) is 4.79 Å². The lowest BCUT2D eigenvalue weighted by Crippen LogP contribution is -2.41. The summed E-state index contributed by atoms with van der Waals surface area (Å²) in [5, 5.41) is 17.3. The van der Waals surface area contributed by atoms with Crippen LogP contribution in [0.1, 0.15) is 38.1 Å². The smallest absolute Gasteiger partial charge is 0.315 e. The SMILES string of the molecule is CC(CCCC(C)C(=O)O)NC(=O)NCCc1nccs1. The Morgan fingerprint density at radius 3 is 2.76 bits per heavy atom. The minimum absolute atomic E-state index is 0.0332. The zero-order valence-corrected chi connectivity index (χ0v) is 13.3. The summed E-state index contributed by atoms with van der Waals surface area (Å²) in [5.74, 6) is -1.10. The van der Waals surface area contributed by atoms with E-state index < -0.39 is 5.97 Å². The van der Waals surface area contributed by atoms with Crippen molar-refractivity contribution in [1.29, 1.82) is 0 Å². The Morgan fingerprint density at radius 2 is 2.14 bits per heavy atom. The normalized spacial score (nSPS) is 13.4. The van der Waals surface area contributed by atoms with Crippen molar-refractivity contribution in [2.75, 3.05) is 6.54 Å². The molecule has 0 aliphatic rings. The van der Waals surface area contributed by atoms with Crippen molar-refractivity contribution in [2.24, 2.45) is 5.92 Å². The molecule has 6 nitrogen and oxygen atoms in total. The fourth-order valence-corrected chi connectivity index (χ4v) is 2.48. The van der Waals surface area contributed by atoms with Crippen LogP contribution in [0.5, 0.6) is 0 Å². The lowest BCUT2D eigenvalue weighted by Gasteiger charge is -2.15. The first kappa shape index (κ1) is 17.4. The van der Waals surface area contributed by atoms with Crippen LogP contribution in [0.2, 0.25) is 0 Å². The topological polar surface area (TPSA) is 91.3 Å². The Labute approximate surface area is 129 Å². The number of carbonyl (C=O) groups is 2. The zero-order chi connectivity index (χ0) is 15.7. The lowest BCUT2D eigenvalue weighted by molar-refractivity contribution is -0.141. The highest BCUT2D eigenvalue weighted by atomic mass is 32.1. The molecule has 7 heteroatoms. The molecule has 0 aliphatic carbocycles. The van der Waals surface area contributed by atoms with E-state index >= 15 is 0 Å². The third kappa shape index (κ3) is 7.65. The van der Waals surface area contributed by atoms with E-state index in [-0.39, 0.29) is 18.0 Å². The molecule has 2 amide bonds. The van der Waals surface area contributed by atoms with E-state index in [2.05, 4.69) is 15.6 Å². The summed E-state index contributed by atoms with van der Waals surface area (Å²) in [6.45, 7) is 4.18. The van der Waals surface area contributed by atoms with Gasteiger partial charge in [0.25, 0.3) is 0 Å². The van der Waals surface area contributed by atoms with Crippen LogP contribution in [0.15, 0.2) is 11.6 Å². The molecular formula is C14H23N3O3S. The molecule has 0 bridgehead atoms.